The van der Waals surface area contributed by atoms with Crippen LogP contribution in [0.5, 0.6) is 5.75 Å². The Morgan fingerprint density at radius 1 is 1.33 bits per heavy atom. The van der Waals surface area contributed by atoms with E-state index in [2.05, 4.69) is 0 Å². The first kappa shape index (κ1) is 15.1. The lowest BCUT2D eigenvalue weighted by Crippen LogP contribution is -2.19. The van der Waals surface area contributed by atoms with Gasteiger partial charge in [-0.15, -0.1) is 0 Å². The molecular weight excluding hydrogens is 272 g/mol. The van der Waals surface area contributed by atoms with Crippen molar-refractivity contribution in [1.82, 2.24) is 9.47 Å². The van der Waals surface area contributed by atoms with Gasteiger partial charge in [0, 0.05) is 25.0 Å². The van der Waals surface area contributed by atoms with Crippen LogP contribution in [-0.4, -0.2) is 47.8 Å². The number of aromatic nitrogens is 1. The number of likely N-dealkylation sites (N-methyl/N-ethyl adjacent to an activating group) is 1. The van der Waals surface area contributed by atoms with Gasteiger partial charge < -0.3 is 19.3 Å². The molecule has 2 aromatic rings. The molecule has 0 aliphatic rings. The zero-order chi connectivity index (χ0) is 15.6. The summed E-state index contributed by atoms with van der Waals surface area (Å²) in [6.45, 7) is 1.29. The van der Waals surface area contributed by atoms with Gasteiger partial charge >= 0.3 is 5.97 Å². The molecule has 1 N–H and O–H groups in total. The second-order valence-corrected chi connectivity index (χ2v) is 5.09. The van der Waals surface area contributed by atoms with Crippen molar-refractivity contribution >= 4 is 16.9 Å². The topological polar surface area (TPSA) is 71.8 Å². The van der Waals surface area contributed by atoms with Crippen molar-refractivity contribution in [2.75, 3.05) is 27.2 Å². The van der Waals surface area contributed by atoms with Crippen molar-refractivity contribution in [3.8, 4) is 5.75 Å². The third kappa shape index (κ3) is 3.22. The van der Waals surface area contributed by atoms with Crippen molar-refractivity contribution in [2.45, 2.75) is 0 Å². The first-order valence-electron chi connectivity index (χ1n) is 6.55. The maximum Gasteiger partial charge on any atom is 0.352 e. The number of hydrogen-bond acceptors (Lipinski definition) is 4. The second-order valence-electron chi connectivity index (χ2n) is 5.09. The lowest BCUT2D eigenvalue weighted by atomic mass is 10.1. The third-order valence-corrected chi connectivity index (χ3v) is 3.25. The van der Waals surface area contributed by atoms with Gasteiger partial charge in [-0.25, -0.2) is 4.79 Å². The van der Waals surface area contributed by atoms with Gasteiger partial charge in [0.1, 0.15) is 18.1 Å². The lowest BCUT2D eigenvalue weighted by Gasteiger charge is -2.13. The Hall–Kier alpha value is -2.34. The van der Waals surface area contributed by atoms with Crippen LogP contribution in [0.2, 0.25) is 0 Å². The molecule has 0 radical (unpaired) electrons. The van der Waals surface area contributed by atoms with Crippen LogP contribution in [0.1, 0.15) is 10.5 Å². The molecule has 1 heterocycles. The quantitative estimate of drug-likeness (QED) is 0.895. The molecule has 2 rings (SSSR count). The molecule has 0 saturated carbocycles. The van der Waals surface area contributed by atoms with E-state index < -0.39 is 5.97 Å². The summed E-state index contributed by atoms with van der Waals surface area (Å²) in [6.07, 6.45) is 0. The minimum Gasteiger partial charge on any atom is -0.492 e. The predicted molar refractivity (Wildman–Crippen MR) is 80.2 cm³/mol. The highest BCUT2D eigenvalue weighted by molar-refractivity contribution is 5.90. The molecule has 6 nitrogen and oxygen atoms in total. The highest BCUT2D eigenvalue weighted by Gasteiger charge is 2.12. The SMILES string of the molecule is CN(C)CCOc1ccc2c(c1)c(=O)cc(C(=O)O)n2C. The highest BCUT2D eigenvalue weighted by Crippen LogP contribution is 2.19. The predicted octanol–water partition coefficient (Wildman–Crippen LogP) is 1.18. The van der Waals surface area contributed by atoms with Crippen molar-refractivity contribution in [2.24, 2.45) is 7.05 Å². The van der Waals surface area contributed by atoms with E-state index in [9.17, 15) is 9.59 Å². The van der Waals surface area contributed by atoms with Crippen LogP contribution in [0.4, 0.5) is 0 Å². The van der Waals surface area contributed by atoms with Crippen molar-refractivity contribution in [3.63, 3.8) is 0 Å². The monoisotopic (exact) mass is 290 g/mol. The standard InChI is InChI=1S/C15H18N2O4/c1-16(2)6-7-21-10-4-5-12-11(8-10)14(18)9-13(15(19)20)17(12)3/h4-5,8-9H,6-7H2,1-3H3,(H,19,20). The summed E-state index contributed by atoms with van der Waals surface area (Å²) in [7, 11) is 5.53. The molecule has 0 bridgehead atoms. The van der Waals surface area contributed by atoms with Crippen molar-refractivity contribution in [3.05, 3.63) is 40.2 Å². The van der Waals surface area contributed by atoms with Gasteiger partial charge in [-0.3, -0.25) is 4.79 Å². The zero-order valence-electron chi connectivity index (χ0n) is 12.3. The van der Waals surface area contributed by atoms with Crippen LogP contribution in [0.25, 0.3) is 10.9 Å². The minimum atomic E-state index is -1.12. The number of pyridine rings is 1. The maximum absolute atomic E-state index is 12.1. The Balaban J connectivity index is 2.40. The molecule has 21 heavy (non-hydrogen) atoms. The number of carbonyl (C=O) groups is 1. The van der Waals surface area contributed by atoms with E-state index in [-0.39, 0.29) is 11.1 Å². The summed E-state index contributed by atoms with van der Waals surface area (Å²) in [5, 5.41) is 9.53. The molecule has 1 aromatic heterocycles. The summed E-state index contributed by atoms with van der Waals surface area (Å²) in [5.41, 5.74) is 0.215. The Kier molecular flexibility index (Phi) is 4.28. The summed E-state index contributed by atoms with van der Waals surface area (Å²) in [5.74, 6) is -0.521. The molecule has 0 fully saturated rings. The van der Waals surface area contributed by atoms with E-state index in [1.165, 1.54) is 4.57 Å². The van der Waals surface area contributed by atoms with E-state index in [1.807, 2.05) is 19.0 Å². The molecule has 0 atom stereocenters. The molecule has 0 unspecified atom stereocenters. The van der Waals surface area contributed by atoms with Crippen LogP contribution in [0, 0.1) is 0 Å². The van der Waals surface area contributed by atoms with Gasteiger partial charge in [0.15, 0.2) is 5.43 Å². The number of benzene rings is 1. The van der Waals surface area contributed by atoms with E-state index in [4.69, 9.17) is 9.84 Å². The van der Waals surface area contributed by atoms with Gasteiger partial charge in [-0.2, -0.15) is 0 Å². The maximum atomic E-state index is 12.1. The molecule has 0 aliphatic heterocycles. The number of hydrogen-bond donors (Lipinski definition) is 1. The van der Waals surface area contributed by atoms with Crippen molar-refractivity contribution in [1.29, 1.82) is 0 Å². The number of aryl methyl sites for hydroxylation is 1. The molecule has 0 saturated heterocycles. The Bertz CT molecular complexity index is 734. The number of aromatic carboxylic acids is 1. The number of fused-ring (bicyclic) bond motifs is 1. The number of ether oxygens (including phenoxy) is 1. The fraction of sp³-hybridized carbons (Fsp3) is 0.333. The van der Waals surface area contributed by atoms with Crippen LogP contribution < -0.4 is 10.2 Å². The van der Waals surface area contributed by atoms with Crippen LogP contribution in [0.3, 0.4) is 0 Å². The molecular formula is C15H18N2O4. The van der Waals surface area contributed by atoms with Crippen LogP contribution >= 0.6 is 0 Å². The summed E-state index contributed by atoms with van der Waals surface area (Å²) in [4.78, 5) is 25.1. The summed E-state index contributed by atoms with van der Waals surface area (Å²) in [6, 6.07) is 6.23. The molecule has 0 amide bonds. The van der Waals surface area contributed by atoms with E-state index in [0.717, 1.165) is 12.6 Å². The minimum absolute atomic E-state index is 0.0335. The van der Waals surface area contributed by atoms with Gasteiger partial charge in [0.2, 0.25) is 0 Å². The lowest BCUT2D eigenvalue weighted by molar-refractivity contribution is 0.0686. The molecule has 1 aromatic carbocycles. The Morgan fingerprint density at radius 3 is 2.67 bits per heavy atom. The Morgan fingerprint density at radius 2 is 2.05 bits per heavy atom. The zero-order valence-corrected chi connectivity index (χ0v) is 12.3. The first-order valence-corrected chi connectivity index (χ1v) is 6.55. The van der Waals surface area contributed by atoms with Gasteiger partial charge in [0.05, 0.1) is 5.52 Å². The molecule has 0 spiro atoms. The average Bonchev–Trinajstić information content (AvgIpc) is 2.42. The van der Waals surface area contributed by atoms with Gasteiger partial charge in [0.25, 0.3) is 0 Å². The second kappa shape index (κ2) is 5.97. The highest BCUT2D eigenvalue weighted by atomic mass is 16.5. The molecule has 6 heteroatoms. The van der Waals surface area contributed by atoms with E-state index >= 15 is 0 Å². The number of rotatable bonds is 5. The fourth-order valence-corrected chi connectivity index (χ4v) is 2.07. The van der Waals surface area contributed by atoms with Crippen LogP contribution in [0.15, 0.2) is 29.1 Å². The van der Waals surface area contributed by atoms with Gasteiger partial charge in [-0.1, -0.05) is 0 Å². The largest absolute Gasteiger partial charge is 0.492 e. The van der Waals surface area contributed by atoms with E-state index in [1.54, 1.807) is 25.2 Å². The molecule has 112 valence electrons. The summed E-state index contributed by atoms with van der Waals surface area (Å²) >= 11 is 0. The number of nitrogens with zero attached hydrogens (tertiary/aromatic N) is 2. The van der Waals surface area contributed by atoms with Crippen molar-refractivity contribution < 1.29 is 14.6 Å². The Labute approximate surface area is 122 Å². The normalized spacial score (nSPS) is 11.0. The average molecular weight is 290 g/mol. The number of carboxylic acids is 1. The third-order valence-electron chi connectivity index (χ3n) is 3.25. The first-order chi connectivity index (χ1) is 9.90. The summed E-state index contributed by atoms with van der Waals surface area (Å²) < 4.78 is 7.08. The smallest absolute Gasteiger partial charge is 0.352 e. The van der Waals surface area contributed by atoms with Crippen LogP contribution in [-0.2, 0) is 7.05 Å². The fourth-order valence-electron chi connectivity index (χ4n) is 2.07. The molecule has 0 aliphatic carbocycles. The van der Waals surface area contributed by atoms with Gasteiger partial charge in [-0.05, 0) is 32.3 Å². The number of carboxylic acid groups (broad SMARTS) is 1. The van der Waals surface area contributed by atoms with E-state index in [0.29, 0.717) is 23.3 Å².